The van der Waals surface area contributed by atoms with Crippen LogP contribution in [0.3, 0.4) is 0 Å². The van der Waals surface area contributed by atoms with Crippen LogP contribution in [0.2, 0.25) is 0 Å². The molecule has 0 spiro atoms. The summed E-state index contributed by atoms with van der Waals surface area (Å²) in [6.45, 7) is 1.62. The van der Waals surface area contributed by atoms with Crippen LogP contribution in [0.1, 0.15) is 36.8 Å². The molecule has 0 unspecified atom stereocenters. The van der Waals surface area contributed by atoms with Crippen molar-refractivity contribution in [2.75, 3.05) is 13.1 Å². The van der Waals surface area contributed by atoms with Gasteiger partial charge in [0.25, 0.3) is 0 Å². The maximum Gasteiger partial charge on any atom is 0.416 e. The van der Waals surface area contributed by atoms with Crippen LogP contribution in [0.5, 0.6) is 0 Å². The molecule has 5 heteroatoms. The highest BCUT2D eigenvalue weighted by atomic mass is 19.4. The first-order valence-electron chi connectivity index (χ1n) is 6.91. The molecule has 0 radical (unpaired) electrons. The van der Waals surface area contributed by atoms with Crippen LogP contribution in [-0.4, -0.2) is 23.9 Å². The Morgan fingerprint density at radius 1 is 1.05 bits per heavy atom. The number of aryl methyl sites for hydroxylation is 1. The molecule has 1 saturated heterocycles. The molecule has 1 aliphatic rings. The summed E-state index contributed by atoms with van der Waals surface area (Å²) in [5.74, 6) is 0.101. The molecular weight excluding hydrogens is 267 g/mol. The van der Waals surface area contributed by atoms with Gasteiger partial charge in [0.15, 0.2) is 0 Å². The predicted octanol–water partition coefficient (Wildman–Crippen LogP) is 3.65. The van der Waals surface area contributed by atoms with Crippen LogP contribution in [0, 0.1) is 0 Å². The number of rotatable bonds is 3. The van der Waals surface area contributed by atoms with E-state index in [1.54, 1.807) is 0 Å². The van der Waals surface area contributed by atoms with Crippen LogP contribution >= 0.6 is 0 Å². The van der Waals surface area contributed by atoms with Gasteiger partial charge in [-0.15, -0.1) is 0 Å². The minimum Gasteiger partial charge on any atom is -0.343 e. The van der Waals surface area contributed by atoms with Gasteiger partial charge in [0.1, 0.15) is 0 Å². The molecule has 0 aromatic heterocycles. The van der Waals surface area contributed by atoms with Crippen LogP contribution in [-0.2, 0) is 17.4 Å². The molecule has 110 valence electrons. The third-order valence-electron chi connectivity index (χ3n) is 3.62. The number of carbonyl (C=O) groups is 1. The van der Waals surface area contributed by atoms with Gasteiger partial charge in [0, 0.05) is 19.5 Å². The number of likely N-dealkylation sites (tertiary alicyclic amines) is 1. The van der Waals surface area contributed by atoms with Crippen LogP contribution in [0.15, 0.2) is 24.3 Å². The zero-order valence-corrected chi connectivity index (χ0v) is 11.2. The Labute approximate surface area is 116 Å². The normalized spacial score (nSPS) is 16.2. The van der Waals surface area contributed by atoms with Crippen molar-refractivity contribution in [1.29, 1.82) is 0 Å². The Hall–Kier alpha value is -1.52. The second-order valence-corrected chi connectivity index (χ2v) is 5.14. The minimum atomic E-state index is -4.30. The summed E-state index contributed by atoms with van der Waals surface area (Å²) in [7, 11) is 0. The number of nitrogens with zero attached hydrogens (tertiary/aromatic N) is 1. The van der Waals surface area contributed by atoms with E-state index in [0.29, 0.717) is 12.8 Å². The summed E-state index contributed by atoms with van der Waals surface area (Å²) >= 11 is 0. The molecule has 1 aromatic rings. The average Bonchev–Trinajstić information content (AvgIpc) is 2.45. The van der Waals surface area contributed by atoms with E-state index in [1.807, 2.05) is 4.90 Å². The lowest BCUT2D eigenvalue weighted by Gasteiger charge is -2.26. The molecule has 2 rings (SSSR count). The molecule has 0 aliphatic carbocycles. The smallest absolute Gasteiger partial charge is 0.343 e. The maximum absolute atomic E-state index is 12.4. The Morgan fingerprint density at radius 3 is 2.20 bits per heavy atom. The van der Waals surface area contributed by atoms with E-state index in [1.165, 1.54) is 18.6 Å². The van der Waals surface area contributed by atoms with Crippen molar-refractivity contribution in [3.05, 3.63) is 35.4 Å². The number of alkyl halides is 3. The fourth-order valence-electron chi connectivity index (χ4n) is 2.41. The molecular formula is C15H18F3NO. The van der Waals surface area contributed by atoms with Crippen molar-refractivity contribution in [2.45, 2.75) is 38.3 Å². The number of benzene rings is 1. The van der Waals surface area contributed by atoms with Crippen LogP contribution < -0.4 is 0 Å². The number of hydrogen-bond acceptors (Lipinski definition) is 1. The zero-order valence-electron chi connectivity index (χ0n) is 11.2. The Balaban J connectivity index is 1.86. The second-order valence-electron chi connectivity index (χ2n) is 5.14. The van der Waals surface area contributed by atoms with Gasteiger partial charge >= 0.3 is 6.18 Å². The van der Waals surface area contributed by atoms with E-state index >= 15 is 0 Å². The first-order valence-corrected chi connectivity index (χ1v) is 6.91. The predicted molar refractivity (Wildman–Crippen MR) is 70.2 cm³/mol. The van der Waals surface area contributed by atoms with Gasteiger partial charge in [-0.1, -0.05) is 12.1 Å². The van der Waals surface area contributed by atoms with Gasteiger partial charge in [-0.3, -0.25) is 4.79 Å². The molecule has 1 aliphatic heterocycles. The van der Waals surface area contributed by atoms with Crippen LogP contribution in [0.25, 0.3) is 0 Å². The highest BCUT2D eigenvalue weighted by Gasteiger charge is 2.29. The highest BCUT2D eigenvalue weighted by Crippen LogP contribution is 2.29. The molecule has 0 atom stereocenters. The van der Waals surface area contributed by atoms with Crippen molar-refractivity contribution < 1.29 is 18.0 Å². The van der Waals surface area contributed by atoms with Crippen molar-refractivity contribution in [2.24, 2.45) is 0 Å². The lowest BCUT2D eigenvalue weighted by atomic mass is 10.1. The maximum atomic E-state index is 12.4. The fourth-order valence-corrected chi connectivity index (χ4v) is 2.41. The number of halogens is 3. The SMILES string of the molecule is O=C(CCc1ccc(C(F)(F)F)cc1)N1CCCCC1. The first kappa shape index (κ1) is 14.9. The summed E-state index contributed by atoms with van der Waals surface area (Å²) in [4.78, 5) is 13.8. The van der Waals surface area contributed by atoms with Gasteiger partial charge in [-0.05, 0) is 43.4 Å². The van der Waals surface area contributed by atoms with Gasteiger partial charge in [0.2, 0.25) is 5.91 Å². The summed E-state index contributed by atoms with van der Waals surface area (Å²) in [6, 6.07) is 5.04. The lowest BCUT2D eigenvalue weighted by Crippen LogP contribution is -2.35. The number of piperidine rings is 1. The molecule has 0 saturated carbocycles. The summed E-state index contributed by atoms with van der Waals surface area (Å²) in [5.41, 5.74) is 0.118. The van der Waals surface area contributed by atoms with E-state index in [-0.39, 0.29) is 5.91 Å². The van der Waals surface area contributed by atoms with Gasteiger partial charge < -0.3 is 4.90 Å². The molecule has 2 nitrogen and oxygen atoms in total. The van der Waals surface area contributed by atoms with Crippen molar-refractivity contribution >= 4 is 5.91 Å². The second kappa shape index (κ2) is 6.29. The van der Waals surface area contributed by atoms with E-state index < -0.39 is 11.7 Å². The molecule has 0 bridgehead atoms. The molecule has 1 fully saturated rings. The number of carbonyl (C=O) groups excluding carboxylic acids is 1. The minimum absolute atomic E-state index is 0.101. The highest BCUT2D eigenvalue weighted by molar-refractivity contribution is 5.76. The quantitative estimate of drug-likeness (QED) is 0.830. The Bertz CT molecular complexity index is 447. The summed E-state index contributed by atoms with van der Waals surface area (Å²) < 4.78 is 37.2. The monoisotopic (exact) mass is 285 g/mol. The zero-order chi connectivity index (χ0) is 14.6. The van der Waals surface area contributed by atoms with E-state index in [0.717, 1.165) is 43.6 Å². The van der Waals surface area contributed by atoms with E-state index in [9.17, 15) is 18.0 Å². The summed E-state index contributed by atoms with van der Waals surface area (Å²) in [5, 5.41) is 0. The molecule has 1 amide bonds. The molecule has 20 heavy (non-hydrogen) atoms. The van der Waals surface area contributed by atoms with Crippen molar-refractivity contribution in [1.82, 2.24) is 4.90 Å². The largest absolute Gasteiger partial charge is 0.416 e. The third kappa shape index (κ3) is 3.99. The molecule has 0 N–H and O–H groups in total. The van der Waals surface area contributed by atoms with Crippen molar-refractivity contribution in [3.63, 3.8) is 0 Å². The Morgan fingerprint density at radius 2 is 1.65 bits per heavy atom. The average molecular weight is 285 g/mol. The Kier molecular flexibility index (Phi) is 4.68. The molecule has 1 heterocycles. The number of hydrogen-bond donors (Lipinski definition) is 0. The van der Waals surface area contributed by atoms with Gasteiger partial charge in [-0.2, -0.15) is 13.2 Å². The third-order valence-corrected chi connectivity index (χ3v) is 3.62. The van der Waals surface area contributed by atoms with Crippen LogP contribution in [0.4, 0.5) is 13.2 Å². The van der Waals surface area contributed by atoms with Crippen molar-refractivity contribution in [3.8, 4) is 0 Å². The van der Waals surface area contributed by atoms with Gasteiger partial charge in [0.05, 0.1) is 5.56 Å². The van der Waals surface area contributed by atoms with E-state index in [4.69, 9.17) is 0 Å². The number of amides is 1. The standard InChI is InChI=1S/C15H18F3NO/c16-15(17,18)13-7-4-12(5-8-13)6-9-14(20)19-10-2-1-3-11-19/h4-5,7-8H,1-3,6,9-11H2. The molecule has 1 aromatic carbocycles. The summed E-state index contributed by atoms with van der Waals surface area (Å²) in [6.07, 6.45) is -0.179. The van der Waals surface area contributed by atoms with Gasteiger partial charge in [-0.25, -0.2) is 0 Å². The fraction of sp³-hybridized carbons (Fsp3) is 0.533. The van der Waals surface area contributed by atoms with E-state index in [2.05, 4.69) is 0 Å². The topological polar surface area (TPSA) is 20.3 Å². The lowest BCUT2D eigenvalue weighted by molar-refractivity contribution is -0.137. The first-order chi connectivity index (χ1) is 9.47.